The molecule has 444 valence electrons. The number of anilines is 1. The number of allylic oxidation sites excluding steroid dienone is 2. The minimum Gasteiger partial charge on any atom is -0.459 e. The number of carbonyl (C=O) groups is 9. The molecule has 0 unspecified atom stereocenters. The van der Waals surface area contributed by atoms with Crippen molar-refractivity contribution in [2.45, 2.75) is 186 Å². The van der Waals surface area contributed by atoms with Gasteiger partial charge in [0, 0.05) is 38.6 Å². The number of benzene rings is 1. The zero-order chi connectivity index (χ0) is 59.3. The van der Waals surface area contributed by atoms with E-state index < -0.39 is 102 Å². The Hall–Kier alpha value is -6.77. The molecule has 0 aliphatic carbocycles. The van der Waals surface area contributed by atoms with Crippen molar-refractivity contribution in [3.63, 3.8) is 0 Å². The van der Waals surface area contributed by atoms with Crippen molar-refractivity contribution in [3.05, 3.63) is 65.8 Å². The van der Waals surface area contributed by atoms with Crippen LogP contribution < -0.4 is 54.2 Å². The van der Waals surface area contributed by atoms with Gasteiger partial charge < -0.3 is 61.9 Å². The lowest BCUT2D eigenvalue weighted by atomic mass is 9.87. The van der Waals surface area contributed by atoms with Crippen LogP contribution in [0.1, 0.15) is 119 Å². The fourth-order valence-corrected chi connectivity index (χ4v) is 9.37. The number of nitrogens with zero attached hydrogens (tertiary/aromatic N) is 1. The highest BCUT2D eigenvalue weighted by molar-refractivity contribution is 6.07. The van der Waals surface area contributed by atoms with Crippen LogP contribution in [0.5, 0.6) is 0 Å². The van der Waals surface area contributed by atoms with Gasteiger partial charge in [-0.25, -0.2) is 15.0 Å². The summed E-state index contributed by atoms with van der Waals surface area (Å²) in [6, 6.07) is 1.60. The SMILES string of the molecule is CC(=O)NC(=O)[C@H](CCCNC(N)=O)N(C(=O)[C@@H](NC(=O)[C@@H](N)CCCCN)C(C)C)c1ccc(COC(=O)NNC(=O)C[C@@H]2C[C@@]3(CO3)[C@H](O)[C@@H](/C=C/C(C)=C/C[C@@H]3O[C@H](C)[C@H](NC(=O)/C=C\[C@H](C)OC(C)=O)C[C@@H]3C)O2)cc1. The first-order valence-corrected chi connectivity index (χ1v) is 27.2. The maximum Gasteiger partial charge on any atom is 0.426 e. The van der Waals surface area contributed by atoms with E-state index in [4.69, 9.17) is 40.9 Å². The van der Waals surface area contributed by atoms with Gasteiger partial charge in [0.15, 0.2) is 0 Å². The maximum absolute atomic E-state index is 14.6. The predicted molar refractivity (Wildman–Crippen MR) is 293 cm³/mol. The van der Waals surface area contributed by atoms with Crippen LogP contribution in [0.3, 0.4) is 0 Å². The molecule has 0 bridgehead atoms. The zero-order valence-electron chi connectivity index (χ0n) is 47.2. The molecule has 0 radical (unpaired) electrons. The summed E-state index contributed by atoms with van der Waals surface area (Å²) >= 11 is 0. The minimum absolute atomic E-state index is 0.0433. The van der Waals surface area contributed by atoms with Gasteiger partial charge in [0.1, 0.15) is 42.6 Å². The highest BCUT2D eigenvalue weighted by atomic mass is 16.6. The number of nitrogens with one attached hydrogen (secondary N) is 6. The van der Waals surface area contributed by atoms with E-state index in [1.807, 2.05) is 26.0 Å². The van der Waals surface area contributed by atoms with Crippen LogP contribution in [0.2, 0.25) is 0 Å². The number of hydrogen-bond donors (Lipinski definition) is 10. The van der Waals surface area contributed by atoms with Crippen LogP contribution >= 0.6 is 0 Å². The first-order valence-electron chi connectivity index (χ1n) is 27.2. The standard InChI is InChI=1S/C55H84N10O15/c1-31(2)48(62-50(71)41(57)12-9-10-24-56)52(73)65(43(51(72)60-36(7)66)13-11-25-59-53(58)74)39-19-17-38(18-20-39)29-76-54(75)64-63-47(69)27-40-28-55(30-77-55)49(70)45(80-40)22-15-32(3)14-21-44-33(4)26-42(35(6)79-44)61-46(68)23-16-34(5)78-37(8)67/h14-20,22-23,31,33-35,40-45,48-49,70H,9-13,21,24-30,56-57H2,1-8H3,(H,61,68)(H,62,71)(H,63,69)(H,64,75)(H3,58,59,74)(H,60,66,72)/b22-15+,23-16-,32-14+/t33-,34-,35+,40+,41-,42+,43-,44-,45+,48-,49+,55+/m0/s1. The number of amides is 9. The molecule has 80 heavy (non-hydrogen) atoms. The van der Waals surface area contributed by atoms with Gasteiger partial charge in [0.2, 0.25) is 29.5 Å². The lowest BCUT2D eigenvalue weighted by molar-refractivity contribution is -0.146. The van der Waals surface area contributed by atoms with E-state index in [1.54, 1.807) is 26.8 Å². The maximum atomic E-state index is 14.6. The zero-order valence-corrected chi connectivity index (χ0v) is 47.2. The molecule has 3 aliphatic heterocycles. The Labute approximate surface area is 467 Å². The predicted octanol–water partition coefficient (Wildman–Crippen LogP) is 1.73. The normalized spacial score (nSPS) is 24.2. The van der Waals surface area contributed by atoms with Gasteiger partial charge in [-0.2, -0.15) is 0 Å². The summed E-state index contributed by atoms with van der Waals surface area (Å²) in [7, 11) is 0. The second kappa shape index (κ2) is 31.9. The smallest absolute Gasteiger partial charge is 0.426 e. The summed E-state index contributed by atoms with van der Waals surface area (Å²) in [6.07, 6.45) is 7.04. The number of unbranched alkanes of at least 4 members (excludes halogenated alkanes) is 1. The van der Waals surface area contributed by atoms with Crippen LogP contribution in [-0.2, 0) is 63.9 Å². The first kappa shape index (κ1) is 65.7. The van der Waals surface area contributed by atoms with Crippen molar-refractivity contribution in [1.82, 2.24) is 32.1 Å². The van der Waals surface area contributed by atoms with E-state index >= 15 is 0 Å². The molecule has 3 fully saturated rings. The van der Waals surface area contributed by atoms with E-state index in [0.717, 1.165) is 12.5 Å². The third-order valence-corrected chi connectivity index (χ3v) is 13.9. The van der Waals surface area contributed by atoms with Crippen LogP contribution in [0.4, 0.5) is 15.3 Å². The number of nitrogens with two attached hydrogens (primary N) is 3. The molecular formula is C55H84N10O15. The summed E-state index contributed by atoms with van der Waals surface area (Å²) in [5, 5.41) is 21.6. The molecule has 3 saturated heterocycles. The second-order valence-corrected chi connectivity index (χ2v) is 21.1. The van der Waals surface area contributed by atoms with Crippen molar-refractivity contribution in [2.24, 2.45) is 29.0 Å². The number of epoxide rings is 1. The van der Waals surface area contributed by atoms with Crippen molar-refractivity contribution in [1.29, 1.82) is 0 Å². The summed E-state index contributed by atoms with van der Waals surface area (Å²) < 4.78 is 28.5. The minimum atomic E-state index is -1.32. The van der Waals surface area contributed by atoms with Crippen LogP contribution in [0.25, 0.3) is 0 Å². The number of imide groups is 1. The van der Waals surface area contributed by atoms with Crippen LogP contribution in [-0.4, -0.2) is 145 Å². The van der Waals surface area contributed by atoms with Gasteiger partial charge in [-0.05, 0) is 101 Å². The molecule has 1 spiro atoms. The molecule has 12 atom stereocenters. The molecule has 3 heterocycles. The number of esters is 1. The Morgan fingerprint density at radius 2 is 1.62 bits per heavy atom. The average Bonchev–Trinajstić information content (AvgIpc) is 4.38. The van der Waals surface area contributed by atoms with E-state index in [1.165, 1.54) is 48.2 Å². The molecule has 3 aliphatic rings. The number of primary amides is 1. The van der Waals surface area contributed by atoms with Crippen LogP contribution in [0, 0.1) is 11.8 Å². The van der Waals surface area contributed by atoms with Crippen LogP contribution in [0.15, 0.2) is 60.2 Å². The number of rotatable bonds is 27. The van der Waals surface area contributed by atoms with E-state index in [9.17, 15) is 48.3 Å². The van der Waals surface area contributed by atoms with Gasteiger partial charge in [0.25, 0.3) is 5.91 Å². The number of ether oxygens (including phenoxy) is 5. The fourth-order valence-electron chi connectivity index (χ4n) is 9.37. The molecule has 1 aromatic rings. The van der Waals surface area contributed by atoms with E-state index in [-0.39, 0.29) is 81.2 Å². The highest BCUT2D eigenvalue weighted by Gasteiger charge is 2.58. The molecule has 0 saturated carbocycles. The topological polar surface area (TPSA) is 377 Å². The van der Waals surface area contributed by atoms with Gasteiger partial charge >= 0.3 is 18.1 Å². The largest absolute Gasteiger partial charge is 0.459 e. The Kier molecular flexibility index (Phi) is 26.2. The average molecular weight is 1130 g/mol. The summed E-state index contributed by atoms with van der Waals surface area (Å²) in [5.41, 5.74) is 22.2. The molecule has 0 aromatic heterocycles. The monoisotopic (exact) mass is 1120 g/mol. The number of hydrogen-bond acceptors (Lipinski definition) is 17. The first-order chi connectivity index (χ1) is 37.8. The summed E-state index contributed by atoms with van der Waals surface area (Å²) in [5.74, 6) is -4.50. The quantitative estimate of drug-likeness (QED) is 0.0150. The third kappa shape index (κ3) is 21.4. The molecule has 4 rings (SSSR count). The highest BCUT2D eigenvalue weighted by Crippen LogP contribution is 2.43. The molecule has 25 nitrogen and oxygen atoms in total. The molecular weight excluding hydrogens is 1040 g/mol. The molecule has 1 aromatic carbocycles. The number of aliphatic hydroxyl groups is 1. The number of carbonyl (C=O) groups excluding carboxylic acids is 9. The number of hydrazine groups is 1. The summed E-state index contributed by atoms with van der Waals surface area (Å²) in [4.78, 5) is 116. The Morgan fingerprint density at radius 3 is 2.25 bits per heavy atom. The third-order valence-electron chi connectivity index (χ3n) is 13.9. The number of urea groups is 1. The van der Waals surface area contributed by atoms with Gasteiger partial charge in [-0.15, -0.1) is 0 Å². The Morgan fingerprint density at radius 1 is 0.925 bits per heavy atom. The number of aliphatic hydroxyl groups excluding tert-OH is 1. The molecule has 9 amide bonds. The van der Waals surface area contributed by atoms with Gasteiger partial charge in [0.05, 0.1) is 43.4 Å². The van der Waals surface area contributed by atoms with Crippen molar-refractivity contribution in [2.75, 3.05) is 24.6 Å². The second-order valence-electron chi connectivity index (χ2n) is 21.1. The fraction of sp³-hybridized carbons (Fsp3) is 0.618. The van der Waals surface area contributed by atoms with Crippen molar-refractivity contribution < 1.29 is 71.9 Å². The Bertz CT molecular complexity index is 2400. The molecule has 13 N–H and O–H groups in total. The van der Waals surface area contributed by atoms with Gasteiger partial charge in [-0.1, -0.05) is 63.1 Å². The molecule has 25 heteroatoms. The Balaban J connectivity index is 1.34. The lowest BCUT2D eigenvalue weighted by Crippen LogP contribution is -2.59. The van der Waals surface area contributed by atoms with Crippen molar-refractivity contribution >= 4 is 59.2 Å². The summed E-state index contributed by atoms with van der Waals surface area (Å²) in [6.45, 7) is 13.8. The van der Waals surface area contributed by atoms with Gasteiger partial charge in [-0.3, -0.25) is 49.2 Å². The van der Waals surface area contributed by atoms with E-state index in [0.29, 0.717) is 44.2 Å². The lowest BCUT2D eigenvalue weighted by Gasteiger charge is -2.39. The van der Waals surface area contributed by atoms with E-state index in [2.05, 4.69) is 39.0 Å². The van der Waals surface area contributed by atoms with Crippen molar-refractivity contribution in [3.8, 4) is 0 Å².